The molecule has 0 radical (unpaired) electrons. The summed E-state index contributed by atoms with van der Waals surface area (Å²) in [5.74, 6) is 0.899. The van der Waals surface area contributed by atoms with Crippen molar-refractivity contribution < 1.29 is 9.53 Å². The molecule has 94 valence electrons. The molecule has 1 rings (SSSR count). The van der Waals surface area contributed by atoms with Crippen molar-refractivity contribution in [3.05, 3.63) is 29.8 Å². The maximum Gasteiger partial charge on any atom is 0.233 e. The number of halogens is 1. The van der Waals surface area contributed by atoms with Gasteiger partial charge in [0.1, 0.15) is 5.75 Å². The molecule has 0 bridgehead atoms. The van der Waals surface area contributed by atoms with Gasteiger partial charge >= 0.3 is 0 Å². The second-order valence-electron chi connectivity index (χ2n) is 3.77. The second-order valence-corrected chi connectivity index (χ2v) is 4.87. The van der Waals surface area contributed by atoms with Gasteiger partial charge in [0.05, 0.1) is 11.9 Å². The molecule has 0 aromatic heterocycles. The van der Waals surface area contributed by atoms with Crippen LogP contribution >= 0.6 is 15.9 Å². The van der Waals surface area contributed by atoms with E-state index in [9.17, 15) is 4.79 Å². The molecule has 0 aliphatic heterocycles. The van der Waals surface area contributed by atoms with Crippen molar-refractivity contribution in [2.75, 3.05) is 13.7 Å². The smallest absolute Gasteiger partial charge is 0.233 e. The van der Waals surface area contributed by atoms with E-state index in [2.05, 4.69) is 21.2 Å². The zero-order valence-electron chi connectivity index (χ0n) is 10.2. The Bertz CT molecular complexity index is 368. The van der Waals surface area contributed by atoms with E-state index in [1.807, 2.05) is 31.2 Å². The minimum absolute atomic E-state index is 0.0513. The first-order valence-corrected chi connectivity index (χ1v) is 6.63. The van der Waals surface area contributed by atoms with Gasteiger partial charge in [-0.25, -0.2) is 0 Å². The first kappa shape index (κ1) is 14.0. The molecule has 0 saturated carbocycles. The Morgan fingerprint density at radius 2 is 2.29 bits per heavy atom. The molecule has 17 heavy (non-hydrogen) atoms. The highest BCUT2D eigenvalue weighted by molar-refractivity contribution is 9.10. The predicted octanol–water partition coefficient (Wildman–Crippen LogP) is 2.53. The average Bonchev–Trinajstić information content (AvgIpc) is 2.37. The second kappa shape index (κ2) is 7.33. The summed E-state index contributed by atoms with van der Waals surface area (Å²) >= 11 is 3.32. The Balaban J connectivity index is 2.37. The molecule has 1 unspecified atom stereocenters. The molecule has 0 saturated heterocycles. The maximum absolute atomic E-state index is 11.5. The lowest BCUT2D eigenvalue weighted by atomic mass is 10.1. The first-order valence-electron chi connectivity index (χ1n) is 5.72. The fourth-order valence-corrected chi connectivity index (χ4v) is 1.62. The summed E-state index contributed by atoms with van der Waals surface area (Å²) in [4.78, 5) is 11.4. The lowest BCUT2D eigenvalue weighted by molar-refractivity contribution is -0.120. The molecular weight excluding hydrogens is 282 g/mol. The van der Waals surface area contributed by atoms with E-state index < -0.39 is 0 Å². The van der Waals surface area contributed by atoms with Crippen LogP contribution in [0.25, 0.3) is 0 Å². The molecule has 1 amide bonds. The van der Waals surface area contributed by atoms with Crippen LogP contribution < -0.4 is 10.1 Å². The highest BCUT2D eigenvalue weighted by Crippen LogP contribution is 2.12. The fraction of sp³-hybridized carbons (Fsp3) is 0.462. The van der Waals surface area contributed by atoms with Gasteiger partial charge in [-0.1, -0.05) is 35.0 Å². The maximum atomic E-state index is 11.5. The van der Waals surface area contributed by atoms with E-state index in [1.165, 1.54) is 0 Å². The quantitative estimate of drug-likeness (QED) is 0.820. The number of methoxy groups -OCH3 is 1. The van der Waals surface area contributed by atoms with Crippen LogP contribution in [0.15, 0.2) is 24.3 Å². The summed E-state index contributed by atoms with van der Waals surface area (Å²) < 4.78 is 5.14. The molecule has 0 aliphatic carbocycles. The fourth-order valence-electron chi connectivity index (χ4n) is 1.45. The van der Waals surface area contributed by atoms with Gasteiger partial charge in [-0.05, 0) is 30.5 Å². The molecule has 0 heterocycles. The minimum atomic E-state index is -0.0900. The molecule has 0 spiro atoms. The van der Waals surface area contributed by atoms with Crippen molar-refractivity contribution in [1.82, 2.24) is 5.32 Å². The van der Waals surface area contributed by atoms with Crippen molar-refractivity contribution in [3.8, 4) is 5.75 Å². The number of ether oxygens (including phenoxy) is 1. The topological polar surface area (TPSA) is 38.3 Å². The van der Waals surface area contributed by atoms with Crippen LogP contribution in [0.5, 0.6) is 5.75 Å². The Hall–Kier alpha value is -1.03. The largest absolute Gasteiger partial charge is 0.497 e. The Morgan fingerprint density at radius 1 is 1.53 bits per heavy atom. The van der Waals surface area contributed by atoms with Gasteiger partial charge in [0.25, 0.3) is 0 Å². The van der Waals surface area contributed by atoms with Gasteiger partial charge in [0.15, 0.2) is 0 Å². The van der Waals surface area contributed by atoms with Crippen LogP contribution in [-0.4, -0.2) is 24.4 Å². The summed E-state index contributed by atoms with van der Waals surface area (Å²) in [6.45, 7) is 2.62. The SMILES string of the molecule is CCC(Br)C(=O)NCCc1cccc(OC)c1. The highest BCUT2D eigenvalue weighted by atomic mass is 79.9. The van der Waals surface area contributed by atoms with E-state index in [0.717, 1.165) is 24.2 Å². The van der Waals surface area contributed by atoms with Crippen molar-refractivity contribution >= 4 is 21.8 Å². The predicted molar refractivity (Wildman–Crippen MR) is 72.7 cm³/mol. The van der Waals surface area contributed by atoms with Crippen LogP contribution in [0.2, 0.25) is 0 Å². The van der Waals surface area contributed by atoms with E-state index in [1.54, 1.807) is 7.11 Å². The van der Waals surface area contributed by atoms with E-state index in [-0.39, 0.29) is 10.7 Å². The van der Waals surface area contributed by atoms with Crippen LogP contribution in [0, 0.1) is 0 Å². The number of alkyl halides is 1. The first-order chi connectivity index (χ1) is 8.17. The van der Waals surface area contributed by atoms with Crippen molar-refractivity contribution in [3.63, 3.8) is 0 Å². The number of carbonyl (C=O) groups excluding carboxylic acids is 1. The molecule has 3 nitrogen and oxygen atoms in total. The van der Waals surface area contributed by atoms with Gasteiger partial charge in [-0.2, -0.15) is 0 Å². The third kappa shape index (κ3) is 4.77. The van der Waals surface area contributed by atoms with Gasteiger partial charge < -0.3 is 10.1 Å². The van der Waals surface area contributed by atoms with Crippen LogP contribution in [0.1, 0.15) is 18.9 Å². The number of benzene rings is 1. The molecule has 4 heteroatoms. The zero-order valence-corrected chi connectivity index (χ0v) is 11.8. The Morgan fingerprint density at radius 3 is 2.94 bits per heavy atom. The number of amides is 1. The van der Waals surface area contributed by atoms with Gasteiger partial charge in [0.2, 0.25) is 5.91 Å². The number of hydrogen-bond donors (Lipinski definition) is 1. The highest BCUT2D eigenvalue weighted by Gasteiger charge is 2.10. The molecular formula is C13H18BrNO2. The standard InChI is InChI=1S/C13H18BrNO2/c1-3-12(14)13(16)15-8-7-10-5-4-6-11(9-10)17-2/h4-6,9,12H,3,7-8H2,1-2H3,(H,15,16). The number of nitrogens with one attached hydrogen (secondary N) is 1. The Labute approximate surface area is 111 Å². The molecule has 1 atom stereocenters. The molecule has 1 N–H and O–H groups in total. The minimum Gasteiger partial charge on any atom is -0.497 e. The van der Waals surface area contributed by atoms with Crippen molar-refractivity contribution in [2.45, 2.75) is 24.6 Å². The van der Waals surface area contributed by atoms with Crippen LogP contribution in [-0.2, 0) is 11.2 Å². The monoisotopic (exact) mass is 299 g/mol. The number of hydrogen-bond acceptors (Lipinski definition) is 2. The van der Waals surface area contributed by atoms with Crippen molar-refractivity contribution in [2.24, 2.45) is 0 Å². The molecule has 0 aliphatic rings. The molecule has 1 aromatic carbocycles. The summed E-state index contributed by atoms with van der Waals surface area (Å²) in [5.41, 5.74) is 1.16. The summed E-state index contributed by atoms with van der Waals surface area (Å²) in [7, 11) is 1.65. The van der Waals surface area contributed by atoms with Gasteiger partial charge in [0, 0.05) is 6.54 Å². The lowest BCUT2D eigenvalue weighted by Gasteiger charge is -2.09. The van der Waals surface area contributed by atoms with Crippen LogP contribution in [0.4, 0.5) is 0 Å². The van der Waals surface area contributed by atoms with Crippen molar-refractivity contribution in [1.29, 1.82) is 0 Å². The summed E-state index contributed by atoms with van der Waals surface area (Å²) in [6.07, 6.45) is 1.61. The zero-order chi connectivity index (χ0) is 12.7. The van der Waals surface area contributed by atoms with Gasteiger partial charge in [-0.3, -0.25) is 4.79 Å². The van der Waals surface area contributed by atoms with E-state index in [0.29, 0.717) is 6.54 Å². The summed E-state index contributed by atoms with van der Waals surface area (Å²) in [5, 5.41) is 2.89. The molecule has 0 fully saturated rings. The average molecular weight is 300 g/mol. The normalized spacial score (nSPS) is 11.9. The number of carbonyl (C=O) groups is 1. The molecule has 1 aromatic rings. The van der Waals surface area contributed by atoms with Crippen LogP contribution in [0.3, 0.4) is 0 Å². The lowest BCUT2D eigenvalue weighted by Crippen LogP contribution is -2.32. The third-order valence-electron chi connectivity index (χ3n) is 2.49. The van der Waals surface area contributed by atoms with Gasteiger partial charge in [-0.15, -0.1) is 0 Å². The third-order valence-corrected chi connectivity index (χ3v) is 3.55. The Kier molecular flexibility index (Phi) is 6.05. The summed E-state index contributed by atoms with van der Waals surface area (Å²) in [6, 6.07) is 7.88. The number of rotatable bonds is 6. The van der Waals surface area contributed by atoms with E-state index >= 15 is 0 Å². The van der Waals surface area contributed by atoms with E-state index in [4.69, 9.17) is 4.74 Å².